The van der Waals surface area contributed by atoms with Gasteiger partial charge in [-0.25, -0.2) is 0 Å². The lowest BCUT2D eigenvalue weighted by Crippen LogP contribution is -1.97. The van der Waals surface area contributed by atoms with Crippen molar-refractivity contribution in [3.05, 3.63) is 35.4 Å². The summed E-state index contributed by atoms with van der Waals surface area (Å²) in [5.41, 5.74) is 1.83. The predicted molar refractivity (Wildman–Crippen MR) is 51.9 cm³/mol. The van der Waals surface area contributed by atoms with Crippen molar-refractivity contribution >= 4 is 5.78 Å². The topological polar surface area (TPSA) is 26.3 Å². The Balaban J connectivity index is 2.87. The van der Waals surface area contributed by atoms with E-state index in [4.69, 9.17) is 4.74 Å². The maximum absolute atomic E-state index is 11.0. The first-order chi connectivity index (χ1) is 6.15. The Morgan fingerprint density at radius 3 is 2.23 bits per heavy atom. The molecule has 0 saturated heterocycles. The quantitative estimate of drug-likeness (QED) is 0.665. The smallest absolute Gasteiger partial charge is 0.159 e. The molecular formula is C11H14O2. The zero-order valence-corrected chi connectivity index (χ0v) is 8.20. The average molecular weight is 178 g/mol. The number of ketones is 1. The van der Waals surface area contributed by atoms with E-state index in [9.17, 15) is 4.79 Å². The molecule has 0 aromatic heterocycles. The van der Waals surface area contributed by atoms with Crippen LogP contribution in [0.1, 0.15) is 35.9 Å². The van der Waals surface area contributed by atoms with Crippen LogP contribution in [0.3, 0.4) is 0 Å². The van der Waals surface area contributed by atoms with Gasteiger partial charge in [-0.1, -0.05) is 24.3 Å². The van der Waals surface area contributed by atoms with E-state index in [0.717, 1.165) is 11.1 Å². The Hall–Kier alpha value is -1.15. The molecule has 0 radical (unpaired) electrons. The van der Waals surface area contributed by atoms with Gasteiger partial charge in [0.25, 0.3) is 0 Å². The molecule has 1 aromatic carbocycles. The van der Waals surface area contributed by atoms with Crippen LogP contribution in [0.5, 0.6) is 0 Å². The summed E-state index contributed by atoms with van der Waals surface area (Å²) in [4.78, 5) is 11.0. The number of carbonyl (C=O) groups is 1. The molecule has 0 amide bonds. The molecule has 0 aliphatic rings. The number of hydrogen-bond acceptors (Lipinski definition) is 2. The molecule has 70 valence electrons. The third-order valence-corrected chi connectivity index (χ3v) is 2.14. The summed E-state index contributed by atoms with van der Waals surface area (Å²) >= 11 is 0. The normalized spacial score (nSPS) is 12.5. The lowest BCUT2D eigenvalue weighted by atomic mass is 10.1. The molecule has 1 rings (SSSR count). The fraction of sp³-hybridized carbons (Fsp3) is 0.364. The van der Waals surface area contributed by atoms with Crippen LogP contribution >= 0.6 is 0 Å². The standard InChI is InChI=1S/C11H14O2/c1-8(12)10-4-6-11(7-5-10)9(2)13-3/h4-7,9H,1-3H3. The zero-order chi connectivity index (χ0) is 9.84. The molecule has 2 nitrogen and oxygen atoms in total. The van der Waals surface area contributed by atoms with Gasteiger partial charge in [0.1, 0.15) is 0 Å². The minimum Gasteiger partial charge on any atom is -0.377 e. The molecule has 1 unspecified atom stereocenters. The fourth-order valence-electron chi connectivity index (χ4n) is 1.12. The van der Waals surface area contributed by atoms with Crippen LogP contribution in [0.15, 0.2) is 24.3 Å². The molecule has 0 bridgehead atoms. The van der Waals surface area contributed by atoms with Gasteiger partial charge in [0.2, 0.25) is 0 Å². The Kier molecular flexibility index (Phi) is 3.20. The Morgan fingerprint density at radius 1 is 1.31 bits per heavy atom. The van der Waals surface area contributed by atoms with E-state index in [1.165, 1.54) is 0 Å². The molecule has 0 aliphatic heterocycles. The molecule has 0 spiro atoms. The SMILES string of the molecule is COC(C)c1ccc(C(C)=O)cc1. The summed E-state index contributed by atoms with van der Waals surface area (Å²) < 4.78 is 5.15. The van der Waals surface area contributed by atoms with E-state index < -0.39 is 0 Å². The van der Waals surface area contributed by atoms with E-state index in [0.29, 0.717) is 0 Å². The molecule has 0 saturated carbocycles. The second-order valence-electron chi connectivity index (χ2n) is 3.06. The zero-order valence-electron chi connectivity index (χ0n) is 8.20. The average Bonchev–Trinajstić information content (AvgIpc) is 2.17. The highest BCUT2D eigenvalue weighted by Crippen LogP contribution is 2.16. The summed E-state index contributed by atoms with van der Waals surface area (Å²) in [6.45, 7) is 3.54. The van der Waals surface area contributed by atoms with Crippen molar-refractivity contribution in [3.8, 4) is 0 Å². The van der Waals surface area contributed by atoms with Gasteiger partial charge in [-0.2, -0.15) is 0 Å². The monoisotopic (exact) mass is 178 g/mol. The highest BCUT2D eigenvalue weighted by molar-refractivity contribution is 5.93. The molecule has 1 aromatic rings. The van der Waals surface area contributed by atoms with E-state index in [1.54, 1.807) is 14.0 Å². The molecule has 1 atom stereocenters. The lowest BCUT2D eigenvalue weighted by molar-refractivity contribution is 0.101. The Bertz CT molecular complexity index is 287. The summed E-state index contributed by atoms with van der Waals surface area (Å²) in [6.07, 6.45) is 0.0843. The van der Waals surface area contributed by atoms with Crippen LogP contribution < -0.4 is 0 Å². The number of hydrogen-bond donors (Lipinski definition) is 0. The van der Waals surface area contributed by atoms with Crippen molar-refractivity contribution in [1.29, 1.82) is 0 Å². The lowest BCUT2D eigenvalue weighted by Gasteiger charge is -2.09. The van der Waals surface area contributed by atoms with Crippen LogP contribution in [0, 0.1) is 0 Å². The van der Waals surface area contributed by atoms with Gasteiger partial charge in [-0.15, -0.1) is 0 Å². The summed E-state index contributed by atoms with van der Waals surface area (Å²) in [5.74, 6) is 0.0941. The van der Waals surface area contributed by atoms with Crippen molar-refractivity contribution in [2.75, 3.05) is 7.11 Å². The van der Waals surface area contributed by atoms with Crippen molar-refractivity contribution in [2.45, 2.75) is 20.0 Å². The van der Waals surface area contributed by atoms with Crippen LogP contribution in [-0.4, -0.2) is 12.9 Å². The summed E-state index contributed by atoms with van der Waals surface area (Å²) in [7, 11) is 1.67. The predicted octanol–water partition coefficient (Wildman–Crippen LogP) is 2.60. The first-order valence-corrected chi connectivity index (χ1v) is 4.29. The largest absolute Gasteiger partial charge is 0.377 e. The molecular weight excluding hydrogens is 164 g/mol. The van der Waals surface area contributed by atoms with Gasteiger partial charge in [-0.3, -0.25) is 4.79 Å². The van der Waals surface area contributed by atoms with Gasteiger partial charge >= 0.3 is 0 Å². The van der Waals surface area contributed by atoms with Crippen LogP contribution in [0.4, 0.5) is 0 Å². The second kappa shape index (κ2) is 4.19. The first kappa shape index (κ1) is 9.93. The van der Waals surface area contributed by atoms with Crippen molar-refractivity contribution < 1.29 is 9.53 Å². The molecule has 13 heavy (non-hydrogen) atoms. The van der Waals surface area contributed by atoms with Gasteiger partial charge in [0, 0.05) is 12.7 Å². The number of Topliss-reactive ketones (excluding diaryl/α,β-unsaturated/α-hetero) is 1. The molecule has 0 aliphatic carbocycles. The second-order valence-corrected chi connectivity index (χ2v) is 3.06. The summed E-state index contributed by atoms with van der Waals surface area (Å²) in [5, 5.41) is 0. The van der Waals surface area contributed by atoms with Crippen molar-refractivity contribution in [1.82, 2.24) is 0 Å². The molecule has 0 fully saturated rings. The van der Waals surface area contributed by atoms with Crippen molar-refractivity contribution in [2.24, 2.45) is 0 Å². The number of benzene rings is 1. The summed E-state index contributed by atoms with van der Waals surface area (Å²) in [6, 6.07) is 7.50. The van der Waals surface area contributed by atoms with Crippen LogP contribution in [0.25, 0.3) is 0 Å². The highest BCUT2D eigenvalue weighted by atomic mass is 16.5. The van der Waals surface area contributed by atoms with Crippen LogP contribution in [-0.2, 0) is 4.74 Å². The van der Waals surface area contributed by atoms with Crippen molar-refractivity contribution in [3.63, 3.8) is 0 Å². The Labute approximate surface area is 78.5 Å². The van der Waals surface area contributed by atoms with E-state index in [-0.39, 0.29) is 11.9 Å². The third kappa shape index (κ3) is 2.39. The Morgan fingerprint density at radius 2 is 1.85 bits per heavy atom. The van der Waals surface area contributed by atoms with Gasteiger partial charge in [0.05, 0.1) is 6.10 Å². The molecule has 0 heterocycles. The van der Waals surface area contributed by atoms with Gasteiger partial charge in [-0.05, 0) is 19.4 Å². The van der Waals surface area contributed by atoms with E-state index >= 15 is 0 Å². The third-order valence-electron chi connectivity index (χ3n) is 2.14. The highest BCUT2D eigenvalue weighted by Gasteiger charge is 2.04. The maximum atomic E-state index is 11.0. The van der Waals surface area contributed by atoms with E-state index in [1.807, 2.05) is 31.2 Å². The number of carbonyl (C=O) groups excluding carboxylic acids is 1. The minimum absolute atomic E-state index is 0.0843. The number of methoxy groups -OCH3 is 1. The number of ether oxygens (including phenoxy) is 1. The van der Waals surface area contributed by atoms with Gasteiger partial charge < -0.3 is 4.74 Å². The maximum Gasteiger partial charge on any atom is 0.159 e. The van der Waals surface area contributed by atoms with Gasteiger partial charge in [0.15, 0.2) is 5.78 Å². The number of rotatable bonds is 3. The van der Waals surface area contributed by atoms with Crippen LogP contribution in [0.2, 0.25) is 0 Å². The van der Waals surface area contributed by atoms with E-state index in [2.05, 4.69) is 0 Å². The first-order valence-electron chi connectivity index (χ1n) is 4.29. The molecule has 0 N–H and O–H groups in total. The fourth-order valence-corrected chi connectivity index (χ4v) is 1.12. The molecule has 2 heteroatoms. The minimum atomic E-state index is 0.0843.